The van der Waals surface area contributed by atoms with Crippen LogP contribution in [-0.2, 0) is 18.3 Å². The molecule has 4 heteroatoms. The van der Waals surface area contributed by atoms with E-state index >= 15 is 0 Å². The molecule has 2 N–H and O–H groups in total. The van der Waals surface area contributed by atoms with E-state index < -0.39 is 0 Å². The second-order valence-electron chi connectivity index (χ2n) is 9.51. The molecule has 2 unspecified atom stereocenters. The van der Waals surface area contributed by atoms with Crippen molar-refractivity contribution in [1.29, 1.82) is 0 Å². The van der Waals surface area contributed by atoms with Crippen molar-refractivity contribution in [2.75, 3.05) is 19.6 Å². The van der Waals surface area contributed by atoms with Crippen LogP contribution in [0.1, 0.15) is 36.1 Å². The lowest BCUT2D eigenvalue weighted by atomic mass is 9.58. The SMILES string of the molecule is Oc1cccc(C23CCN(CC4CC4)CC2Cc2c([nH]c4cc(Cl)ccc24)C3)c1. The molecule has 1 aromatic heterocycles. The first-order valence-corrected chi connectivity index (χ1v) is 11.3. The maximum atomic E-state index is 10.2. The van der Waals surface area contributed by atoms with Crippen molar-refractivity contribution >= 4 is 22.5 Å². The van der Waals surface area contributed by atoms with Gasteiger partial charge in [-0.25, -0.2) is 0 Å². The third-order valence-corrected chi connectivity index (χ3v) is 7.90. The van der Waals surface area contributed by atoms with Crippen molar-refractivity contribution in [3.63, 3.8) is 0 Å². The molecule has 2 atom stereocenters. The third kappa shape index (κ3) is 2.98. The number of piperidine rings is 1. The lowest BCUT2D eigenvalue weighted by Crippen LogP contribution is -2.54. The first kappa shape index (κ1) is 17.9. The minimum Gasteiger partial charge on any atom is -0.508 e. The number of benzene rings is 2. The maximum Gasteiger partial charge on any atom is 0.115 e. The normalized spacial score (nSPS) is 27.0. The Labute approximate surface area is 176 Å². The molecular weight excluding hydrogens is 380 g/mol. The van der Waals surface area contributed by atoms with Crippen LogP contribution in [-0.4, -0.2) is 34.6 Å². The van der Waals surface area contributed by atoms with Crippen molar-refractivity contribution in [3.05, 3.63) is 64.3 Å². The van der Waals surface area contributed by atoms with Crippen LogP contribution in [0, 0.1) is 11.8 Å². The van der Waals surface area contributed by atoms with Crippen molar-refractivity contribution in [2.24, 2.45) is 11.8 Å². The highest BCUT2D eigenvalue weighted by molar-refractivity contribution is 6.31. The van der Waals surface area contributed by atoms with Crippen molar-refractivity contribution < 1.29 is 5.11 Å². The number of nitrogens with one attached hydrogen (secondary N) is 1. The fourth-order valence-corrected chi connectivity index (χ4v) is 6.16. The molecule has 2 aliphatic carbocycles. The Morgan fingerprint density at radius 3 is 2.90 bits per heavy atom. The molecule has 6 rings (SSSR count). The number of H-pyrrole nitrogens is 1. The zero-order chi connectivity index (χ0) is 19.6. The Morgan fingerprint density at radius 1 is 1.17 bits per heavy atom. The Balaban J connectivity index is 1.44. The van der Waals surface area contributed by atoms with Crippen LogP contribution in [0.25, 0.3) is 10.9 Å². The molecule has 1 saturated carbocycles. The summed E-state index contributed by atoms with van der Waals surface area (Å²) in [6, 6.07) is 14.3. The van der Waals surface area contributed by atoms with Gasteiger partial charge < -0.3 is 15.0 Å². The van der Waals surface area contributed by atoms with E-state index in [1.54, 1.807) is 6.07 Å². The summed E-state index contributed by atoms with van der Waals surface area (Å²) in [5.74, 6) is 1.88. The summed E-state index contributed by atoms with van der Waals surface area (Å²) in [4.78, 5) is 6.40. The van der Waals surface area contributed by atoms with Gasteiger partial charge in [0.1, 0.15) is 5.75 Å². The number of likely N-dealkylation sites (tertiary alicyclic amines) is 1. The van der Waals surface area contributed by atoms with E-state index in [-0.39, 0.29) is 5.41 Å². The molecule has 0 spiro atoms. The number of halogens is 1. The van der Waals surface area contributed by atoms with Gasteiger partial charge in [-0.15, -0.1) is 0 Å². The zero-order valence-electron chi connectivity index (χ0n) is 16.6. The average molecular weight is 407 g/mol. The summed E-state index contributed by atoms with van der Waals surface area (Å²) in [5.41, 5.74) is 5.39. The van der Waals surface area contributed by atoms with Gasteiger partial charge in [0.25, 0.3) is 0 Å². The largest absolute Gasteiger partial charge is 0.508 e. The monoisotopic (exact) mass is 406 g/mol. The number of rotatable bonds is 3. The number of aromatic hydroxyl groups is 1. The highest BCUT2D eigenvalue weighted by Crippen LogP contribution is 2.50. The van der Waals surface area contributed by atoms with Crippen LogP contribution in [0.2, 0.25) is 5.02 Å². The Kier molecular flexibility index (Phi) is 4.01. The number of hydrogen-bond donors (Lipinski definition) is 2. The minimum atomic E-state index is 0.0937. The Bertz CT molecular complexity index is 1090. The van der Waals surface area contributed by atoms with E-state index in [0.29, 0.717) is 11.7 Å². The summed E-state index contributed by atoms with van der Waals surface area (Å²) < 4.78 is 0. The van der Waals surface area contributed by atoms with Crippen molar-refractivity contribution in [1.82, 2.24) is 9.88 Å². The molecule has 2 heterocycles. The number of aromatic amines is 1. The van der Waals surface area contributed by atoms with Crippen LogP contribution in [0.5, 0.6) is 5.75 Å². The van der Waals surface area contributed by atoms with E-state index in [9.17, 15) is 5.11 Å². The van der Waals surface area contributed by atoms with Crippen LogP contribution >= 0.6 is 11.6 Å². The molecule has 1 aliphatic heterocycles. The lowest BCUT2D eigenvalue weighted by Gasteiger charge is -2.51. The smallest absolute Gasteiger partial charge is 0.115 e. The number of fused-ring (bicyclic) bond motifs is 4. The fraction of sp³-hybridized carbons (Fsp3) is 0.440. The molecule has 0 bridgehead atoms. The van der Waals surface area contributed by atoms with Gasteiger partial charge in [-0.05, 0) is 85.9 Å². The molecule has 29 heavy (non-hydrogen) atoms. The van der Waals surface area contributed by atoms with Crippen LogP contribution < -0.4 is 0 Å². The van der Waals surface area contributed by atoms with Gasteiger partial charge in [-0.3, -0.25) is 0 Å². The second-order valence-corrected chi connectivity index (χ2v) is 9.95. The first-order chi connectivity index (χ1) is 14.1. The summed E-state index contributed by atoms with van der Waals surface area (Å²) in [5, 5.41) is 12.3. The summed E-state index contributed by atoms with van der Waals surface area (Å²) in [7, 11) is 0. The fourth-order valence-electron chi connectivity index (χ4n) is 5.99. The average Bonchev–Trinajstić information content (AvgIpc) is 3.45. The van der Waals surface area contributed by atoms with Gasteiger partial charge in [0.15, 0.2) is 0 Å². The van der Waals surface area contributed by atoms with Gasteiger partial charge in [-0.1, -0.05) is 29.8 Å². The number of phenols is 1. The van der Waals surface area contributed by atoms with E-state index in [0.717, 1.165) is 48.8 Å². The van der Waals surface area contributed by atoms with Gasteiger partial charge in [0.05, 0.1) is 0 Å². The van der Waals surface area contributed by atoms with E-state index in [2.05, 4.69) is 28.1 Å². The number of hydrogen-bond acceptors (Lipinski definition) is 2. The van der Waals surface area contributed by atoms with Gasteiger partial charge in [0.2, 0.25) is 0 Å². The Morgan fingerprint density at radius 2 is 2.07 bits per heavy atom. The van der Waals surface area contributed by atoms with Gasteiger partial charge >= 0.3 is 0 Å². The van der Waals surface area contributed by atoms with E-state index in [1.165, 1.54) is 41.6 Å². The molecule has 1 saturated heterocycles. The van der Waals surface area contributed by atoms with E-state index in [1.807, 2.05) is 18.2 Å². The third-order valence-electron chi connectivity index (χ3n) is 7.67. The Hall–Kier alpha value is -1.97. The topological polar surface area (TPSA) is 39.3 Å². The molecule has 150 valence electrons. The van der Waals surface area contributed by atoms with Gasteiger partial charge in [0, 0.05) is 40.1 Å². The van der Waals surface area contributed by atoms with E-state index in [4.69, 9.17) is 11.6 Å². The summed E-state index contributed by atoms with van der Waals surface area (Å²) >= 11 is 6.26. The molecule has 2 aromatic carbocycles. The summed E-state index contributed by atoms with van der Waals surface area (Å²) in [6.45, 7) is 3.58. The molecule has 3 nitrogen and oxygen atoms in total. The predicted molar refractivity (Wildman–Crippen MR) is 118 cm³/mol. The number of nitrogens with zero attached hydrogens (tertiary/aromatic N) is 1. The lowest BCUT2D eigenvalue weighted by molar-refractivity contribution is 0.0783. The molecular formula is C25H27ClN2O. The quantitative estimate of drug-likeness (QED) is 0.619. The summed E-state index contributed by atoms with van der Waals surface area (Å²) in [6.07, 6.45) is 6.08. The number of aromatic nitrogens is 1. The molecule has 0 amide bonds. The standard InChI is InChI=1S/C25H27ClN2O/c26-19-6-7-21-22-11-18-15-28(14-16-4-5-16)9-8-25(18,13-24(22)27-23(21)12-19)17-2-1-3-20(29)10-17/h1-3,6-7,10,12,16,18,27,29H,4-5,8-9,11,13-15H2. The van der Waals surface area contributed by atoms with Gasteiger partial charge in [-0.2, -0.15) is 0 Å². The maximum absolute atomic E-state index is 10.2. The highest BCUT2D eigenvalue weighted by atomic mass is 35.5. The predicted octanol–water partition coefficient (Wildman–Crippen LogP) is 5.30. The second kappa shape index (κ2) is 6.52. The highest BCUT2D eigenvalue weighted by Gasteiger charge is 2.48. The first-order valence-electron chi connectivity index (χ1n) is 10.9. The molecule has 2 fully saturated rings. The van der Waals surface area contributed by atoms with Crippen LogP contribution in [0.15, 0.2) is 42.5 Å². The van der Waals surface area contributed by atoms with Crippen LogP contribution in [0.3, 0.4) is 0 Å². The molecule has 3 aliphatic rings. The van der Waals surface area contributed by atoms with Crippen LogP contribution in [0.4, 0.5) is 0 Å². The zero-order valence-corrected chi connectivity index (χ0v) is 17.4. The molecule has 0 radical (unpaired) electrons. The molecule has 3 aromatic rings. The van der Waals surface area contributed by atoms with Crippen molar-refractivity contribution in [2.45, 2.75) is 37.5 Å². The van der Waals surface area contributed by atoms with Crippen molar-refractivity contribution in [3.8, 4) is 5.75 Å². The minimum absolute atomic E-state index is 0.0937. The number of phenolic OH excluding ortho intramolecular Hbond substituents is 1.